The number of pyridine rings is 1. The molecule has 3 aromatic rings. The monoisotopic (exact) mass is 396 g/mol. The van der Waals surface area contributed by atoms with E-state index in [9.17, 15) is 13.6 Å². The maximum atomic E-state index is 13.3. The van der Waals surface area contributed by atoms with Crippen LogP contribution in [0.15, 0.2) is 55.0 Å². The number of hydrogen-bond donors (Lipinski definition) is 1. The zero-order chi connectivity index (χ0) is 20.2. The fourth-order valence-electron chi connectivity index (χ4n) is 3.07. The first-order valence-electron chi connectivity index (χ1n) is 9.09. The normalized spacial score (nSPS) is 14.0. The van der Waals surface area contributed by atoms with Crippen molar-refractivity contribution in [1.82, 2.24) is 19.9 Å². The van der Waals surface area contributed by atoms with Crippen molar-refractivity contribution >= 4 is 23.4 Å². The second-order valence-electron chi connectivity index (χ2n) is 6.52. The molecule has 1 aromatic carbocycles. The van der Waals surface area contributed by atoms with Crippen LogP contribution in [0.1, 0.15) is 10.4 Å². The van der Waals surface area contributed by atoms with Crippen molar-refractivity contribution in [3.05, 3.63) is 72.2 Å². The van der Waals surface area contributed by atoms with E-state index in [2.05, 4.69) is 25.2 Å². The number of anilines is 3. The largest absolute Gasteiger partial charge is 0.353 e. The number of nitrogens with one attached hydrogen (secondary N) is 1. The molecule has 1 fully saturated rings. The summed E-state index contributed by atoms with van der Waals surface area (Å²) in [5, 5.41) is 2.77. The molecule has 9 heteroatoms. The lowest BCUT2D eigenvalue weighted by molar-refractivity contribution is 0.0745. The van der Waals surface area contributed by atoms with E-state index in [1.807, 2.05) is 18.2 Å². The molecule has 7 nitrogen and oxygen atoms in total. The van der Waals surface area contributed by atoms with Crippen LogP contribution < -0.4 is 10.2 Å². The quantitative estimate of drug-likeness (QED) is 0.731. The van der Waals surface area contributed by atoms with Gasteiger partial charge in [-0.3, -0.25) is 4.79 Å². The fraction of sp³-hybridized carbons (Fsp3) is 0.200. The van der Waals surface area contributed by atoms with Gasteiger partial charge in [-0.05, 0) is 24.3 Å². The molecule has 148 valence electrons. The molecule has 29 heavy (non-hydrogen) atoms. The van der Waals surface area contributed by atoms with Gasteiger partial charge in [-0.1, -0.05) is 6.07 Å². The third-order valence-electron chi connectivity index (χ3n) is 4.61. The highest BCUT2D eigenvalue weighted by Gasteiger charge is 2.23. The Labute approximate surface area is 166 Å². The van der Waals surface area contributed by atoms with Gasteiger partial charge in [0.2, 0.25) is 5.95 Å². The molecule has 0 atom stereocenters. The summed E-state index contributed by atoms with van der Waals surface area (Å²) in [6.45, 7) is 2.54. The van der Waals surface area contributed by atoms with E-state index in [1.54, 1.807) is 11.1 Å². The molecule has 1 amide bonds. The molecular formula is C20H18F2N6O. The first-order chi connectivity index (χ1) is 14.1. The number of hydrogen-bond acceptors (Lipinski definition) is 6. The van der Waals surface area contributed by atoms with Crippen molar-refractivity contribution in [2.75, 3.05) is 36.4 Å². The van der Waals surface area contributed by atoms with Gasteiger partial charge in [0.1, 0.15) is 5.82 Å². The molecule has 0 aliphatic carbocycles. The minimum absolute atomic E-state index is 0.148. The number of piperazine rings is 1. The number of aromatic nitrogens is 3. The number of carbonyl (C=O) groups excluding carboxylic acids is 1. The SMILES string of the molecule is O=C(c1cnc(Nc2ccc(F)c(F)c2)nc1)N1CCN(c2ccccn2)CC1. The molecule has 1 saturated heterocycles. The van der Waals surface area contributed by atoms with Crippen LogP contribution >= 0.6 is 0 Å². The van der Waals surface area contributed by atoms with Gasteiger partial charge < -0.3 is 15.1 Å². The Hall–Kier alpha value is -3.62. The van der Waals surface area contributed by atoms with Crippen LogP contribution in [-0.4, -0.2) is 51.9 Å². The lowest BCUT2D eigenvalue weighted by Crippen LogP contribution is -2.49. The Kier molecular flexibility index (Phi) is 5.28. The van der Waals surface area contributed by atoms with Crippen LogP contribution in [-0.2, 0) is 0 Å². The number of halogens is 2. The van der Waals surface area contributed by atoms with Gasteiger partial charge in [0.15, 0.2) is 11.6 Å². The summed E-state index contributed by atoms with van der Waals surface area (Å²) in [6.07, 6.45) is 4.59. The summed E-state index contributed by atoms with van der Waals surface area (Å²) in [5.41, 5.74) is 0.681. The van der Waals surface area contributed by atoms with Crippen LogP contribution in [0, 0.1) is 11.6 Å². The van der Waals surface area contributed by atoms with E-state index in [-0.39, 0.29) is 11.9 Å². The third-order valence-corrected chi connectivity index (χ3v) is 4.61. The molecule has 0 bridgehead atoms. The van der Waals surface area contributed by atoms with Gasteiger partial charge in [-0.25, -0.2) is 23.7 Å². The van der Waals surface area contributed by atoms with Gasteiger partial charge in [0, 0.05) is 56.5 Å². The summed E-state index contributed by atoms with van der Waals surface area (Å²) in [7, 11) is 0. The van der Waals surface area contributed by atoms with Crippen LogP contribution in [0.2, 0.25) is 0 Å². The fourth-order valence-corrected chi connectivity index (χ4v) is 3.07. The van der Waals surface area contributed by atoms with E-state index in [0.717, 1.165) is 18.0 Å². The number of rotatable bonds is 4. The highest BCUT2D eigenvalue weighted by molar-refractivity contribution is 5.93. The van der Waals surface area contributed by atoms with Crippen LogP contribution in [0.4, 0.5) is 26.2 Å². The summed E-state index contributed by atoms with van der Waals surface area (Å²) in [6, 6.07) is 9.16. The van der Waals surface area contributed by atoms with E-state index in [0.29, 0.717) is 37.4 Å². The third kappa shape index (κ3) is 4.29. The molecule has 0 spiro atoms. The van der Waals surface area contributed by atoms with Crippen molar-refractivity contribution in [2.24, 2.45) is 0 Å². The Morgan fingerprint density at radius 1 is 0.931 bits per heavy atom. The van der Waals surface area contributed by atoms with Crippen LogP contribution in [0.25, 0.3) is 0 Å². The number of nitrogens with zero attached hydrogens (tertiary/aromatic N) is 5. The number of benzene rings is 1. The Morgan fingerprint density at radius 2 is 1.69 bits per heavy atom. The van der Waals surface area contributed by atoms with Crippen molar-refractivity contribution in [3.8, 4) is 0 Å². The molecule has 0 unspecified atom stereocenters. The van der Waals surface area contributed by atoms with E-state index >= 15 is 0 Å². The molecule has 0 radical (unpaired) electrons. The summed E-state index contributed by atoms with van der Waals surface area (Å²) < 4.78 is 26.3. The van der Waals surface area contributed by atoms with Crippen molar-refractivity contribution in [2.45, 2.75) is 0 Å². The number of amides is 1. The summed E-state index contributed by atoms with van der Waals surface area (Å²) >= 11 is 0. The van der Waals surface area contributed by atoms with E-state index in [1.165, 1.54) is 18.5 Å². The molecule has 4 rings (SSSR count). The molecule has 2 aromatic heterocycles. The highest BCUT2D eigenvalue weighted by atomic mass is 19.2. The van der Waals surface area contributed by atoms with Gasteiger partial charge in [-0.15, -0.1) is 0 Å². The minimum Gasteiger partial charge on any atom is -0.353 e. The standard InChI is InChI=1S/C20H18F2N6O/c21-16-5-4-15(11-17(16)22)26-20-24-12-14(13-25-20)19(29)28-9-7-27(8-10-28)18-3-1-2-6-23-18/h1-6,11-13H,7-10H2,(H,24,25,26). The molecule has 1 N–H and O–H groups in total. The van der Waals surface area contributed by atoms with Gasteiger partial charge in [0.05, 0.1) is 5.56 Å². The van der Waals surface area contributed by atoms with Crippen molar-refractivity contribution in [1.29, 1.82) is 0 Å². The smallest absolute Gasteiger partial charge is 0.257 e. The lowest BCUT2D eigenvalue weighted by atomic mass is 10.2. The molecule has 1 aliphatic heterocycles. The molecule has 1 aliphatic rings. The summed E-state index contributed by atoms with van der Waals surface area (Å²) in [5.74, 6) is -0.958. The predicted octanol–water partition coefficient (Wildman–Crippen LogP) is 2.86. The van der Waals surface area contributed by atoms with E-state index in [4.69, 9.17) is 0 Å². The maximum Gasteiger partial charge on any atom is 0.257 e. The predicted molar refractivity (Wildman–Crippen MR) is 104 cm³/mol. The van der Waals surface area contributed by atoms with Crippen LogP contribution in [0.3, 0.4) is 0 Å². The first-order valence-corrected chi connectivity index (χ1v) is 9.09. The lowest BCUT2D eigenvalue weighted by Gasteiger charge is -2.35. The van der Waals surface area contributed by atoms with Gasteiger partial charge in [-0.2, -0.15) is 0 Å². The average Bonchev–Trinajstić information content (AvgIpc) is 2.77. The van der Waals surface area contributed by atoms with Crippen molar-refractivity contribution < 1.29 is 13.6 Å². The Bertz CT molecular complexity index is 992. The molecular weight excluding hydrogens is 378 g/mol. The average molecular weight is 396 g/mol. The zero-order valence-corrected chi connectivity index (χ0v) is 15.4. The van der Waals surface area contributed by atoms with Crippen molar-refractivity contribution in [3.63, 3.8) is 0 Å². The highest BCUT2D eigenvalue weighted by Crippen LogP contribution is 2.17. The molecule has 0 saturated carbocycles. The Balaban J connectivity index is 1.36. The van der Waals surface area contributed by atoms with Gasteiger partial charge >= 0.3 is 0 Å². The van der Waals surface area contributed by atoms with Gasteiger partial charge in [0.25, 0.3) is 5.91 Å². The Morgan fingerprint density at radius 3 is 2.34 bits per heavy atom. The van der Waals surface area contributed by atoms with Crippen LogP contribution in [0.5, 0.6) is 0 Å². The first kappa shape index (κ1) is 18.7. The topological polar surface area (TPSA) is 74.2 Å². The minimum atomic E-state index is -0.966. The maximum absolute atomic E-state index is 13.3. The zero-order valence-electron chi connectivity index (χ0n) is 15.4. The van der Waals surface area contributed by atoms with E-state index < -0.39 is 11.6 Å². The number of carbonyl (C=O) groups is 1. The molecule has 3 heterocycles. The summed E-state index contributed by atoms with van der Waals surface area (Å²) in [4.78, 5) is 29.1. The second kappa shape index (κ2) is 8.17. The second-order valence-corrected chi connectivity index (χ2v) is 6.52.